The van der Waals surface area contributed by atoms with Crippen molar-refractivity contribution in [2.24, 2.45) is 0 Å². The third-order valence-corrected chi connectivity index (χ3v) is 7.84. The second-order valence-electron chi connectivity index (χ2n) is 6.09. The molecular formula is C21H27O3P. The van der Waals surface area contributed by atoms with Gasteiger partial charge < -0.3 is 9.30 Å². The number of rotatable bonds is 9. The number of hydrogen-bond acceptors (Lipinski definition) is 3. The maximum Gasteiger partial charge on any atom is 0.317 e. The van der Waals surface area contributed by atoms with Crippen LogP contribution in [0.25, 0.3) is 0 Å². The summed E-state index contributed by atoms with van der Waals surface area (Å²) in [7, 11) is -3.13. The molecule has 3 nitrogen and oxygen atoms in total. The first-order chi connectivity index (χ1) is 12.1. The molecule has 1 atom stereocenters. The Morgan fingerprint density at radius 1 is 0.920 bits per heavy atom. The minimum Gasteiger partial charge on any atom is -0.465 e. The third kappa shape index (κ3) is 4.61. The predicted molar refractivity (Wildman–Crippen MR) is 104 cm³/mol. The van der Waals surface area contributed by atoms with E-state index in [4.69, 9.17) is 4.74 Å². The minimum absolute atomic E-state index is 0.298. The zero-order valence-electron chi connectivity index (χ0n) is 15.1. The van der Waals surface area contributed by atoms with Gasteiger partial charge in [-0.05, 0) is 13.3 Å². The van der Waals surface area contributed by atoms with Crippen molar-refractivity contribution in [1.82, 2.24) is 0 Å². The van der Waals surface area contributed by atoms with Gasteiger partial charge in [0.15, 0.2) is 7.14 Å². The molecular weight excluding hydrogens is 331 g/mol. The van der Waals surface area contributed by atoms with Gasteiger partial charge in [0.1, 0.15) is 5.66 Å². The van der Waals surface area contributed by atoms with E-state index in [1.165, 1.54) is 0 Å². The fourth-order valence-corrected chi connectivity index (χ4v) is 6.25. The quantitative estimate of drug-likeness (QED) is 0.376. The Hall–Kier alpha value is -1.86. The molecule has 134 valence electrons. The van der Waals surface area contributed by atoms with E-state index in [9.17, 15) is 9.36 Å². The molecule has 0 saturated heterocycles. The van der Waals surface area contributed by atoms with Gasteiger partial charge in [0.05, 0.1) is 6.61 Å². The standard InChI is InChI=1S/C21H27O3P/c1-3-5-8-17-20(21(22)24-4-2)25(23,18-13-9-6-10-14-18)19-15-11-7-12-16-19/h6-7,9-16,20H,3-5,8,17H2,1-2H3. The first-order valence-corrected chi connectivity index (χ1v) is 10.8. The molecule has 0 aliphatic heterocycles. The molecule has 0 heterocycles. The van der Waals surface area contributed by atoms with Crippen molar-refractivity contribution in [1.29, 1.82) is 0 Å². The third-order valence-electron chi connectivity index (χ3n) is 4.36. The lowest BCUT2D eigenvalue weighted by molar-refractivity contribution is -0.142. The molecule has 0 aromatic heterocycles. The van der Waals surface area contributed by atoms with Crippen LogP contribution >= 0.6 is 7.14 Å². The van der Waals surface area contributed by atoms with E-state index in [-0.39, 0.29) is 5.97 Å². The van der Waals surface area contributed by atoms with Gasteiger partial charge >= 0.3 is 5.97 Å². The van der Waals surface area contributed by atoms with Crippen molar-refractivity contribution in [2.75, 3.05) is 6.61 Å². The topological polar surface area (TPSA) is 43.4 Å². The van der Waals surface area contributed by atoms with Crippen LogP contribution in [0.15, 0.2) is 60.7 Å². The number of carbonyl (C=O) groups is 1. The summed E-state index contributed by atoms with van der Waals surface area (Å²) in [5, 5.41) is 1.44. The smallest absolute Gasteiger partial charge is 0.317 e. The second kappa shape index (κ2) is 9.58. The summed E-state index contributed by atoms with van der Waals surface area (Å²) in [6.07, 6.45) is 3.51. The SMILES string of the molecule is CCCCCC(C(=O)OCC)P(=O)(c1ccccc1)c1ccccc1. The van der Waals surface area contributed by atoms with Crippen LogP contribution in [0.3, 0.4) is 0 Å². The average Bonchev–Trinajstić information content (AvgIpc) is 2.66. The molecule has 0 bridgehead atoms. The summed E-state index contributed by atoms with van der Waals surface area (Å²) in [6, 6.07) is 18.7. The molecule has 2 aromatic rings. The molecule has 0 aliphatic rings. The van der Waals surface area contributed by atoms with E-state index in [2.05, 4.69) is 6.92 Å². The molecule has 0 N–H and O–H groups in total. The summed E-state index contributed by atoms with van der Waals surface area (Å²) in [5.74, 6) is -0.352. The number of ether oxygens (including phenoxy) is 1. The lowest BCUT2D eigenvalue weighted by Gasteiger charge is -2.27. The monoisotopic (exact) mass is 358 g/mol. The average molecular weight is 358 g/mol. The van der Waals surface area contributed by atoms with Crippen LogP contribution in [-0.2, 0) is 14.1 Å². The molecule has 0 spiro atoms. The number of hydrogen-bond donors (Lipinski definition) is 0. The Labute approximate surface area is 150 Å². The van der Waals surface area contributed by atoms with Crippen molar-refractivity contribution >= 4 is 23.7 Å². The van der Waals surface area contributed by atoms with Crippen molar-refractivity contribution in [3.63, 3.8) is 0 Å². The number of esters is 1. The number of benzene rings is 2. The molecule has 2 rings (SSSR count). The van der Waals surface area contributed by atoms with Crippen molar-refractivity contribution in [3.8, 4) is 0 Å². The van der Waals surface area contributed by atoms with Crippen LogP contribution in [-0.4, -0.2) is 18.2 Å². The summed E-state index contributed by atoms with van der Waals surface area (Å²) >= 11 is 0. The Kier molecular flexibility index (Phi) is 7.46. The lowest BCUT2D eigenvalue weighted by atomic mass is 10.1. The maximum absolute atomic E-state index is 14.3. The number of unbranched alkanes of at least 4 members (excludes halogenated alkanes) is 2. The maximum atomic E-state index is 14.3. The summed E-state index contributed by atoms with van der Waals surface area (Å²) < 4.78 is 19.6. The predicted octanol–water partition coefficient (Wildman–Crippen LogP) is 4.51. The molecule has 25 heavy (non-hydrogen) atoms. The molecule has 1 unspecified atom stereocenters. The molecule has 0 fully saturated rings. The van der Waals surface area contributed by atoms with Crippen molar-refractivity contribution in [2.45, 2.75) is 45.2 Å². The summed E-state index contributed by atoms with van der Waals surface area (Å²) in [6.45, 7) is 4.21. The van der Waals surface area contributed by atoms with Gasteiger partial charge in [-0.3, -0.25) is 4.79 Å². The molecule has 0 saturated carbocycles. The van der Waals surface area contributed by atoms with E-state index >= 15 is 0 Å². The Bertz CT molecular complexity index is 654. The normalized spacial score (nSPS) is 12.6. The van der Waals surface area contributed by atoms with Gasteiger partial charge in [0.2, 0.25) is 0 Å². The Morgan fingerprint density at radius 2 is 1.44 bits per heavy atom. The van der Waals surface area contributed by atoms with Crippen LogP contribution in [0.5, 0.6) is 0 Å². The van der Waals surface area contributed by atoms with E-state index in [1.54, 1.807) is 6.92 Å². The van der Waals surface area contributed by atoms with Crippen molar-refractivity contribution < 1.29 is 14.1 Å². The molecule has 0 radical (unpaired) electrons. The molecule has 0 amide bonds. The fourth-order valence-electron chi connectivity index (χ4n) is 3.08. The Morgan fingerprint density at radius 3 is 1.88 bits per heavy atom. The van der Waals surface area contributed by atoms with Gasteiger partial charge in [0.25, 0.3) is 0 Å². The van der Waals surface area contributed by atoms with Gasteiger partial charge in [0, 0.05) is 10.6 Å². The van der Waals surface area contributed by atoms with Gasteiger partial charge in [-0.25, -0.2) is 0 Å². The van der Waals surface area contributed by atoms with E-state index < -0.39 is 12.8 Å². The lowest BCUT2D eigenvalue weighted by Crippen LogP contribution is -2.33. The zero-order chi connectivity index (χ0) is 18.1. The van der Waals surface area contributed by atoms with E-state index in [1.807, 2.05) is 60.7 Å². The highest BCUT2D eigenvalue weighted by molar-refractivity contribution is 7.80. The fraction of sp³-hybridized carbons (Fsp3) is 0.381. The largest absolute Gasteiger partial charge is 0.465 e. The summed E-state index contributed by atoms with van der Waals surface area (Å²) in [4.78, 5) is 12.7. The van der Waals surface area contributed by atoms with Crippen LogP contribution in [0.4, 0.5) is 0 Å². The van der Waals surface area contributed by atoms with Crippen LogP contribution in [0.1, 0.15) is 39.5 Å². The first-order valence-electron chi connectivity index (χ1n) is 9.02. The number of carbonyl (C=O) groups excluding carboxylic acids is 1. The Balaban J connectivity index is 2.53. The van der Waals surface area contributed by atoms with Crippen LogP contribution in [0, 0.1) is 0 Å². The first kappa shape index (κ1) is 19.5. The van der Waals surface area contributed by atoms with Crippen LogP contribution in [0.2, 0.25) is 0 Å². The zero-order valence-corrected chi connectivity index (χ0v) is 16.0. The highest BCUT2D eigenvalue weighted by atomic mass is 31.2. The summed E-state index contributed by atoms with van der Waals surface area (Å²) in [5.41, 5.74) is -0.635. The second-order valence-corrected chi connectivity index (χ2v) is 9.06. The van der Waals surface area contributed by atoms with E-state index in [0.29, 0.717) is 13.0 Å². The molecule has 0 aliphatic carbocycles. The van der Waals surface area contributed by atoms with E-state index in [0.717, 1.165) is 29.9 Å². The minimum atomic E-state index is -3.13. The molecule has 2 aromatic carbocycles. The van der Waals surface area contributed by atoms with Crippen molar-refractivity contribution in [3.05, 3.63) is 60.7 Å². The van der Waals surface area contributed by atoms with Crippen LogP contribution < -0.4 is 10.6 Å². The van der Waals surface area contributed by atoms with Gasteiger partial charge in [-0.15, -0.1) is 0 Å². The highest BCUT2D eigenvalue weighted by Gasteiger charge is 2.41. The van der Waals surface area contributed by atoms with Gasteiger partial charge in [-0.1, -0.05) is 86.8 Å². The highest BCUT2D eigenvalue weighted by Crippen LogP contribution is 2.51. The molecule has 4 heteroatoms. The van der Waals surface area contributed by atoms with Gasteiger partial charge in [-0.2, -0.15) is 0 Å².